The van der Waals surface area contributed by atoms with Gasteiger partial charge in [0, 0.05) is 12.8 Å². The van der Waals surface area contributed by atoms with E-state index in [1.807, 2.05) is 0 Å². The van der Waals surface area contributed by atoms with Gasteiger partial charge >= 0.3 is 5.97 Å². The van der Waals surface area contributed by atoms with E-state index in [0.717, 1.165) is 19.3 Å². The first-order valence-corrected chi connectivity index (χ1v) is 5.86. The molecule has 0 aromatic heterocycles. The summed E-state index contributed by atoms with van der Waals surface area (Å²) in [4.78, 5) is 34.1. The summed E-state index contributed by atoms with van der Waals surface area (Å²) in [5, 5.41) is 0. The minimum atomic E-state index is -0.685. The molecule has 1 aliphatic heterocycles. The highest BCUT2D eigenvalue weighted by Gasteiger charge is 2.33. The first-order valence-electron chi connectivity index (χ1n) is 5.86. The number of hydrogen-bond acceptors (Lipinski definition) is 4. The first kappa shape index (κ1) is 12.9. The Morgan fingerprint density at radius 2 is 2.12 bits per heavy atom. The lowest BCUT2D eigenvalue weighted by Crippen LogP contribution is -2.22. The van der Waals surface area contributed by atoms with Gasteiger partial charge in [-0.3, -0.25) is 14.4 Å². The maximum absolute atomic E-state index is 11.6. The lowest BCUT2D eigenvalue weighted by Gasteiger charge is -2.03. The second kappa shape index (κ2) is 6.40. The molecule has 0 aromatic rings. The molecule has 1 fully saturated rings. The molecular weight excluding hydrogens is 208 g/mol. The summed E-state index contributed by atoms with van der Waals surface area (Å²) < 4.78 is 4.70. The molecule has 1 heterocycles. The van der Waals surface area contributed by atoms with Crippen molar-refractivity contribution >= 4 is 17.5 Å². The third-order valence-electron chi connectivity index (χ3n) is 2.75. The lowest BCUT2D eigenvalue weighted by atomic mass is 9.97. The second-order valence-electron chi connectivity index (χ2n) is 4.15. The molecule has 4 heteroatoms. The number of unbranched alkanes of at least 4 members (excludes halogenated alkanes) is 2. The van der Waals surface area contributed by atoms with E-state index in [9.17, 15) is 14.4 Å². The van der Waals surface area contributed by atoms with Crippen LogP contribution in [0.15, 0.2) is 0 Å². The summed E-state index contributed by atoms with van der Waals surface area (Å²) in [5.74, 6) is -1.48. The van der Waals surface area contributed by atoms with Crippen LogP contribution in [-0.4, -0.2) is 24.1 Å². The van der Waals surface area contributed by atoms with Gasteiger partial charge in [-0.25, -0.2) is 0 Å². The van der Waals surface area contributed by atoms with Crippen LogP contribution in [-0.2, 0) is 19.1 Å². The fourth-order valence-corrected chi connectivity index (χ4v) is 1.77. The fraction of sp³-hybridized carbons (Fsp3) is 0.750. The van der Waals surface area contributed by atoms with Crippen molar-refractivity contribution in [2.24, 2.45) is 5.92 Å². The van der Waals surface area contributed by atoms with E-state index in [1.54, 1.807) is 0 Å². The number of Topliss-reactive ketones (excluding diaryl/α,β-unsaturated/α-hetero) is 2. The number of rotatable bonds is 7. The average Bonchev–Trinajstić information content (AvgIpc) is 2.65. The summed E-state index contributed by atoms with van der Waals surface area (Å²) in [7, 11) is 0. The van der Waals surface area contributed by atoms with Crippen molar-refractivity contribution in [1.29, 1.82) is 0 Å². The molecule has 4 nitrogen and oxygen atoms in total. The number of cyclic esters (lactones) is 1. The van der Waals surface area contributed by atoms with Crippen LogP contribution >= 0.6 is 0 Å². The van der Waals surface area contributed by atoms with Crippen LogP contribution in [0.4, 0.5) is 0 Å². The number of ether oxygens (including phenoxy) is 1. The van der Waals surface area contributed by atoms with Crippen molar-refractivity contribution in [1.82, 2.24) is 0 Å². The Labute approximate surface area is 95.3 Å². The molecule has 1 rings (SSSR count). The molecule has 1 saturated heterocycles. The van der Waals surface area contributed by atoms with Crippen LogP contribution in [0.3, 0.4) is 0 Å². The number of carbonyl (C=O) groups is 3. The zero-order valence-electron chi connectivity index (χ0n) is 9.66. The summed E-state index contributed by atoms with van der Waals surface area (Å²) in [6.45, 7) is 2.36. The van der Waals surface area contributed by atoms with E-state index in [4.69, 9.17) is 4.74 Å². The van der Waals surface area contributed by atoms with Gasteiger partial charge in [-0.05, 0) is 6.42 Å². The van der Waals surface area contributed by atoms with Gasteiger partial charge in [0.25, 0.3) is 0 Å². The highest BCUT2D eigenvalue weighted by atomic mass is 16.5. The summed E-state index contributed by atoms with van der Waals surface area (Å²) in [5.41, 5.74) is 0. The van der Waals surface area contributed by atoms with Crippen LogP contribution in [0.5, 0.6) is 0 Å². The Balaban J connectivity index is 2.28. The van der Waals surface area contributed by atoms with Crippen molar-refractivity contribution in [3.05, 3.63) is 0 Å². The van der Waals surface area contributed by atoms with E-state index in [0.29, 0.717) is 19.4 Å². The third kappa shape index (κ3) is 3.76. The number of carbonyl (C=O) groups excluding carboxylic acids is 3. The van der Waals surface area contributed by atoms with Crippen molar-refractivity contribution in [2.75, 3.05) is 6.61 Å². The predicted molar refractivity (Wildman–Crippen MR) is 57.8 cm³/mol. The van der Waals surface area contributed by atoms with E-state index >= 15 is 0 Å². The second-order valence-corrected chi connectivity index (χ2v) is 4.15. The van der Waals surface area contributed by atoms with Gasteiger partial charge in [0.15, 0.2) is 5.78 Å². The zero-order valence-corrected chi connectivity index (χ0v) is 9.66. The van der Waals surface area contributed by atoms with Crippen molar-refractivity contribution in [2.45, 2.75) is 45.4 Å². The largest absolute Gasteiger partial charge is 0.465 e. The first-order chi connectivity index (χ1) is 7.65. The van der Waals surface area contributed by atoms with Crippen molar-refractivity contribution < 1.29 is 19.1 Å². The molecule has 1 atom stereocenters. The van der Waals surface area contributed by atoms with Crippen LogP contribution in [0.1, 0.15) is 45.4 Å². The maximum atomic E-state index is 11.6. The van der Waals surface area contributed by atoms with E-state index < -0.39 is 11.9 Å². The maximum Gasteiger partial charge on any atom is 0.316 e. The number of esters is 1. The Morgan fingerprint density at radius 1 is 1.38 bits per heavy atom. The zero-order chi connectivity index (χ0) is 12.0. The van der Waals surface area contributed by atoms with Crippen LogP contribution in [0.25, 0.3) is 0 Å². The van der Waals surface area contributed by atoms with Crippen molar-refractivity contribution in [3.63, 3.8) is 0 Å². The van der Waals surface area contributed by atoms with Gasteiger partial charge in [-0.15, -0.1) is 0 Å². The SMILES string of the molecule is CCCCCC(=O)CC(=O)[C@@H]1CCOC1=O. The number of hydrogen-bond donors (Lipinski definition) is 0. The Hall–Kier alpha value is -1.19. The summed E-state index contributed by atoms with van der Waals surface area (Å²) in [6, 6.07) is 0. The molecule has 1 aliphatic rings. The Morgan fingerprint density at radius 3 is 2.69 bits per heavy atom. The third-order valence-corrected chi connectivity index (χ3v) is 2.75. The number of ketones is 2. The molecule has 0 unspecified atom stereocenters. The van der Waals surface area contributed by atoms with Crippen LogP contribution < -0.4 is 0 Å². The molecule has 0 aromatic carbocycles. The van der Waals surface area contributed by atoms with Crippen molar-refractivity contribution in [3.8, 4) is 0 Å². The predicted octanol–water partition coefficient (Wildman–Crippen LogP) is 1.66. The van der Waals surface area contributed by atoms with Gasteiger partial charge < -0.3 is 4.74 Å². The van der Waals surface area contributed by atoms with Gasteiger partial charge in [0.2, 0.25) is 0 Å². The standard InChI is InChI=1S/C12H18O4/c1-2-3-4-5-9(13)8-11(14)10-6-7-16-12(10)15/h10H,2-8H2,1H3/t10-/m0/s1. The molecule has 0 radical (unpaired) electrons. The molecule has 0 saturated carbocycles. The molecule has 0 bridgehead atoms. The molecule has 0 spiro atoms. The van der Waals surface area contributed by atoms with Crippen LogP contribution in [0.2, 0.25) is 0 Å². The van der Waals surface area contributed by atoms with Gasteiger partial charge in [0.05, 0.1) is 13.0 Å². The Bertz CT molecular complexity index is 283. The minimum Gasteiger partial charge on any atom is -0.465 e. The van der Waals surface area contributed by atoms with E-state index in [-0.39, 0.29) is 18.0 Å². The molecule has 0 N–H and O–H groups in total. The smallest absolute Gasteiger partial charge is 0.316 e. The van der Waals surface area contributed by atoms with E-state index in [1.165, 1.54) is 0 Å². The highest BCUT2D eigenvalue weighted by molar-refractivity contribution is 6.08. The average molecular weight is 226 g/mol. The van der Waals surface area contributed by atoms with Gasteiger partial charge in [-0.2, -0.15) is 0 Å². The van der Waals surface area contributed by atoms with Crippen LogP contribution in [0, 0.1) is 5.92 Å². The van der Waals surface area contributed by atoms with Gasteiger partial charge in [0.1, 0.15) is 11.7 Å². The molecule has 0 aliphatic carbocycles. The quantitative estimate of drug-likeness (QED) is 0.376. The van der Waals surface area contributed by atoms with Gasteiger partial charge in [-0.1, -0.05) is 19.8 Å². The molecule has 0 amide bonds. The van der Waals surface area contributed by atoms with E-state index in [2.05, 4.69) is 6.92 Å². The molecule has 90 valence electrons. The highest BCUT2D eigenvalue weighted by Crippen LogP contribution is 2.17. The Kier molecular flexibility index (Phi) is 5.15. The summed E-state index contributed by atoms with van der Waals surface area (Å²) >= 11 is 0. The topological polar surface area (TPSA) is 60.4 Å². The molecule has 16 heavy (non-hydrogen) atoms. The monoisotopic (exact) mass is 226 g/mol. The lowest BCUT2D eigenvalue weighted by molar-refractivity contribution is -0.144. The molecular formula is C12H18O4. The minimum absolute atomic E-state index is 0.0573. The fourth-order valence-electron chi connectivity index (χ4n) is 1.77. The normalized spacial score (nSPS) is 19.6. The summed E-state index contributed by atoms with van der Waals surface area (Å²) in [6.07, 6.45) is 3.66.